The van der Waals surface area contributed by atoms with Crippen molar-refractivity contribution in [3.63, 3.8) is 0 Å². The van der Waals surface area contributed by atoms with Crippen LogP contribution in [-0.2, 0) is 0 Å². The fraction of sp³-hybridized carbons (Fsp3) is 1.00. The molecule has 2 heteroatoms. The first-order valence-electron chi connectivity index (χ1n) is 6.65. The summed E-state index contributed by atoms with van der Waals surface area (Å²) in [6.45, 7) is 14.6. The average molecular weight is 214 g/mol. The Morgan fingerprint density at radius 1 is 1.40 bits per heavy atom. The van der Waals surface area contributed by atoms with E-state index < -0.39 is 0 Å². The first kappa shape index (κ1) is 13.0. The second-order valence-corrected chi connectivity index (χ2v) is 5.00. The summed E-state index contributed by atoms with van der Waals surface area (Å²) in [5.41, 5.74) is 0.681. The standard InChI is InChI=1S/C11H22N2.C2H6.H2/c1-4-12-10-7-13(9(2)3)8-11(10)5-6-11;1-2;/h9-10,12H,4-8H2,1-3H3;1-2H3;1H. The van der Waals surface area contributed by atoms with E-state index >= 15 is 0 Å². The number of hydrogen-bond donors (Lipinski definition) is 1. The van der Waals surface area contributed by atoms with Gasteiger partial charge in [0.2, 0.25) is 0 Å². The lowest BCUT2D eigenvalue weighted by atomic mass is 10.0. The monoisotopic (exact) mass is 214 g/mol. The van der Waals surface area contributed by atoms with E-state index in [1.807, 2.05) is 13.8 Å². The predicted octanol–water partition coefficient (Wildman–Crippen LogP) is 2.74. The molecule has 0 aromatic carbocycles. The summed E-state index contributed by atoms with van der Waals surface area (Å²) in [4.78, 5) is 2.63. The Kier molecular flexibility index (Phi) is 4.60. The van der Waals surface area contributed by atoms with Crippen molar-refractivity contribution in [2.45, 2.75) is 59.5 Å². The Labute approximate surface area is 96.9 Å². The Morgan fingerprint density at radius 3 is 2.40 bits per heavy atom. The summed E-state index contributed by atoms with van der Waals surface area (Å²) in [5, 5.41) is 3.64. The minimum atomic E-state index is 0. The molecule has 15 heavy (non-hydrogen) atoms. The van der Waals surface area contributed by atoms with E-state index in [2.05, 4.69) is 31.0 Å². The Hall–Kier alpha value is -0.0800. The molecular formula is C13H30N2. The minimum Gasteiger partial charge on any atom is -0.312 e. The van der Waals surface area contributed by atoms with Gasteiger partial charge in [-0.1, -0.05) is 20.8 Å². The molecule has 0 aromatic heterocycles. The van der Waals surface area contributed by atoms with Gasteiger partial charge in [0.1, 0.15) is 0 Å². The van der Waals surface area contributed by atoms with Crippen LogP contribution in [0.15, 0.2) is 0 Å². The molecule has 2 aliphatic rings. The van der Waals surface area contributed by atoms with Crippen molar-refractivity contribution in [2.24, 2.45) is 5.41 Å². The van der Waals surface area contributed by atoms with Gasteiger partial charge in [-0.15, -0.1) is 0 Å². The number of rotatable bonds is 3. The lowest BCUT2D eigenvalue weighted by molar-refractivity contribution is 0.260. The molecule has 2 fully saturated rings. The molecule has 1 saturated heterocycles. The van der Waals surface area contributed by atoms with Crippen molar-refractivity contribution in [1.29, 1.82) is 0 Å². The van der Waals surface area contributed by atoms with Gasteiger partial charge in [-0.3, -0.25) is 4.90 Å². The summed E-state index contributed by atoms with van der Waals surface area (Å²) in [5.74, 6) is 0. The second-order valence-electron chi connectivity index (χ2n) is 5.00. The fourth-order valence-electron chi connectivity index (χ4n) is 2.60. The quantitative estimate of drug-likeness (QED) is 0.777. The van der Waals surface area contributed by atoms with Gasteiger partial charge < -0.3 is 5.32 Å². The van der Waals surface area contributed by atoms with Gasteiger partial charge in [0.25, 0.3) is 0 Å². The third-order valence-corrected chi connectivity index (χ3v) is 3.75. The van der Waals surface area contributed by atoms with Gasteiger partial charge in [-0.2, -0.15) is 0 Å². The number of nitrogens with one attached hydrogen (secondary N) is 1. The van der Waals surface area contributed by atoms with Crippen LogP contribution in [-0.4, -0.2) is 36.6 Å². The van der Waals surface area contributed by atoms with Crippen LogP contribution >= 0.6 is 0 Å². The van der Waals surface area contributed by atoms with Gasteiger partial charge in [-0.05, 0) is 38.6 Å². The van der Waals surface area contributed by atoms with E-state index in [4.69, 9.17) is 0 Å². The second kappa shape index (κ2) is 5.31. The average Bonchev–Trinajstić information content (AvgIpc) is 2.90. The topological polar surface area (TPSA) is 15.3 Å². The third kappa shape index (κ3) is 2.73. The van der Waals surface area contributed by atoms with E-state index in [1.165, 1.54) is 25.9 Å². The Bertz CT molecular complexity index is 190. The summed E-state index contributed by atoms with van der Waals surface area (Å²) in [7, 11) is 0. The van der Waals surface area contributed by atoms with Crippen molar-refractivity contribution in [3.8, 4) is 0 Å². The summed E-state index contributed by atoms with van der Waals surface area (Å²) in [6.07, 6.45) is 2.90. The zero-order valence-corrected chi connectivity index (χ0v) is 11.1. The molecule has 0 aromatic rings. The minimum absolute atomic E-state index is 0. The van der Waals surface area contributed by atoms with E-state index in [-0.39, 0.29) is 1.43 Å². The maximum absolute atomic E-state index is 3.64. The van der Waals surface area contributed by atoms with Crippen molar-refractivity contribution in [1.82, 2.24) is 10.2 Å². The van der Waals surface area contributed by atoms with E-state index in [0.29, 0.717) is 5.41 Å². The molecule has 2 nitrogen and oxygen atoms in total. The van der Waals surface area contributed by atoms with Gasteiger partial charge >= 0.3 is 0 Å². The Morgan fingerprint density at radius 2 is 2.00 bits per heavy atom. The largest absolute Gasteiger partial charge is 0.312 e. The van der Waals surface area contributed by atoms with E-state index in [0.717, 1.165) is 18.6 Å². The van der Waals surface area contributed by atoms with Crippen LogP contribution in [0.2, 0.25) is 0 Å². The first-order chi connectivity index (χ1) is 7.18. The molecule has 1 unspecified atom stereocenters. The number of likely N-dealkylation sites (N-methyl/N-ethyl adjacent to an activating group) is 1. The van der Waals surface area contributed by atoms with Crippen LogP contribution < -0.4 is 5.32 Å². The molecule has 1 aliphatic heterocycles. The van der Waals surface area contributed by atoms with Crippen LogP contribution in [0.4, 0.5) is 0 Å². The highest BCUT2D eigenvalue weighted by molar-refractivity contribution is 5.10. The molecule has 0 bridgehead atoms. The molecule has 1 N–H and O–H groups in total. The highest BCUT2D eigenvalue weighted by Gasteiger charge is 2.54. The van der Waals surface area contributed by atoms with Crippen LogP contribution in [0.3, 0.4) is 0 Å². The molecule has 2 rings (SSSR count). The lowest BCUT2D eigenvalue weighted by Gasteiger charge is -2.20. The van der Waals surface area contributed by atoms with Gasteiger partial charge in [0.15, 0.2) is 0 Å². The number of nitrogens with zero attached hydrogens (tertiary/aromatic N) is 1. The molecule has 1 spiro atoms. The van der Waals surface area contributed by atoms with Crippen molar-refractivity contribution in [3.05, 3.63) is 0 Å². The molecule has 92 valence electrons. The number of hydrogen-bond acceptors (Lipinski definition) is 2. The molecule has 0 amide bonds. The van der Waals surface area contributed by atoms with Crippen LogP contribution in [0.1, 0.15) is 48.9 Å². The zero-order valence-electron chi connectivity index (χ0n) is 11.1. The molecule has 1 atom stereocenters. The SMILES string of the molecule is CC.CCNC1CN(C(C)C)CC12CC2.[HH]. The zero-order chi connectivity index (χ0) is 11.5. The van der Waals surface area contributed by atoms with Gasteiger partial charge in [0.05, 0.1) is 0 Å². The summed E-state index contributed by atoms with van der Waals surface area (Å²) < 4.78 is 0. The smallest absolute Gasteiger partial charge is 0.0263 e. The Balaban J connectivity index is 0.000000711. The van der Waals surface area contributed by atoms with Crippen molar-refractivity contribution in [2.75, 3.05) is 19.6 Å². The first-order valence-corrected chi connectivity index (χ1v) is 6.65. The van der Waals surface area contributed by atoms with Crippen molar-refractivity contribution >= 4 is 0 Å². The van der Waals surface area contributed by atoms with Crippen LogP contribution in [0.25, 0.3) is 0 Å². The van der Waals surface area contributed by atoms with Crippen LogP contribution in [0.5, 0.6) is 0 Å². The van der Waals surface area contributed by atoms with E-state index in [9.17, 15) is 0 Å². The lowest BCUT2D eigenvalue weighted by Crippen LogP contribution is -2.37. The predicted molar refractivity (Wildman–Crippen MR) is 69.3 cm³/mol. The summed E-state index contributed by atoms with van der Waals surface area (Å²) >= 11 is 0. The summed E-state index contributed by atoms with van der Waals surface area (Å²) in [6, 6.07) is 1.50. The molecule has 1 saturated carbocycles. The number of likely N-dealkylation sites (tertiary alicyclic amines) is 1. The van der Waals surface area contributed by atoms with E-state index in [1.54, 1.807) is 0 Å². The maximum atomic E-state index is 3.64. The fourth-order valence-corrected chi connectivity index (χ4v) is 2.60. The molecule has 0 radical (unpaired) electrons. The van der Waals surface area contributed by atoms with Crippen LogP contribution in [0, 0.1) is 5.41 Å². The highest BCUT2D eigenvalue weighted by atomic mass is 15.2. The maximum Gasteiger partial charge on any atom is 0.0263 e. The normalized spacial score (nSPS) is 28.0. The molecule has 1 heterocycles. The molecular weight excluding hydrogens is 184 g/mol. The van der Waals surface area contributed by atoms with Gasteiger partial charge in [-0.25, -0.2) is 0 Å². The van der Waals surface area contributed by atoms with Gasteiger partial charge in [0, 0.05) is 26.6 Å². The highest BCUT2D eigenvalue weighted by Crippen LogP contribution is 2.53. The third-order valence-electron chi connectivity index (χ3n) is 3.75. The van der Waals surface area contributed by atoms with Crippen molar-refractivity contribution < 1.29 is 1.43 Å². The molecule has 1 aliphatic carbocycles.